The summed E-state index contributed by atoms with van der Waals surface area (Å²) in [5.41, 5.74) is 2.50. The number of para-hydroxylation sites is 1. The molecule has 0 bridgehead atoms. The van der Waals surface area contributed by atoms with Gasteiger partial charge in [0.2, 0.25) is 0 Å². The van der Waals surface area contributed by atoms with Crippen LogP contribution in [0.2, 0.25) is 0 Å². The number of benzene rings is 5. The Bertz CT molecular complexity index is 1360. The fraction of sp³-hybridized carbons (Fsp3) is 0.0714. The quantitative estimate of drug-likeness (QED) is 0.295. The zero-order valence-corrected chi connectivity index (χ0v) is 16.1. The number of nitrogens with zero attached hydrogens (tertiary/aromatic N) is 1. The highest BCUT2D eigenvalue weighted by molar-refractivity contribution is 6.25. The van der Waals surface area contributed by atoms with Gasteiger partial charge in [0, 0.05) is 16.8 Å². The molecule has 0 N–H and O–H groups in total. The van der Waals surface area contributed by atoms with Gasteiger partial charge in [-0.3, -0.25) is 0 Å². The van der Waals surface area contributed by atoms with Gasteiger partial charge < -0.3 is 4.90 Å². The SMILES string of the molecule is C1=CCC(N(c2ccccc2)c2ccc3ccc4cccc5ccc2c3c45)C=C1. The van der Waals surface area contributed by atoms with Crippen LogP contribution in [0.5, 0.6) is 0 Å². The van der Waals surface area contributed by atoms with Gasteiger partial charge >= 0.3 is 0 Å². The summed E-state index contributed by atoms with van der Waals surface area (Å²) in [7, 11) is 0. The Morgan fingerprint density at radius 2 is 1.34 bits per heavy atom. The van der Waals surface area contributed by atoms with Crippen molar-refractivity contribution in [2.45, 2.75) is 12.5 Å². The lowest BCUT2D eigenvalue weighted by Crippen LogP contribution is -2.29. The van der Waals surface area contributed by atoms with Crippen LogP contribution in [0, 0.1) is 0 Å². The van der Waals surface area contributed by atoms with Crippen molar-refractivity contribution in [3.63, 3.8) is 0 Å². The Hall–Kier alpha value is -3.58. The van der Waals surface area contributed by atoms with Crippen molar-refractivity contribution in [2.24, 2.45) is 0 Å². The molecule has 0 amide bonds. The minimum atomic E-state index is 0.306. The van der Waals surface area contributed by atoms with Gasteiger partial charge in [0.15, 0.2) is 0 Å². The van der Waals surface area contributed by atoms with Gasteiger partial charge in [0.05, 0.1) is 6.04 Å². The fourth-order valence-corrected chi connectivity index (χ4v) is 4.79. The van der Waals surface area contributed by atoms with E-state index in [9.17, 15) is 0 Å². The van der Waals surface area contributed by atoms with Crippen LogP contribution in [0.3, 0.4) is 0 Å². The first-order valence-corrected chi connectivity index (χ1v) is 10.2. The summed E-state index contributed by atoms with van der Waals surface area (Å²) in [5.74, 6) is 0. The Balaban J connectivity index is 1.67. The Morgan fingerprint density at radius 3 is 2.10 bits per heavy atom. The molecule has 29 heavy (non-hydrogen) atoms. The second-order valence-electron chi connectivity index (χ2n) is 7.76. The second-order valence-corrected chi connectivity index (χ2v) is 7.76. The highest BCUT2D eigenvalue weighted by atomic mass is 15.2. The van der Waals surface area contributed by atoms with E-state index in [1.165, 1.54) is 43.7 Å². The van der Waals surface area contributed by atoms with E-state index in [2.05, 4.69) is 114 Å². The highest BCUT2D eigenvalue weighted by Gasteiger charge is 2.22. The van der Waals surface area contributed by atoms with Crippen molar-refractivity contribution >= 4 is 43.7 Å². The van der Waals surface area contributed by atoms with Crippen molar-refractivity contribution in [2.75, 3.05) is 4.90 Å². The van der Waals surface area contributed by atoms with Gasteiger partial charge in [-0.2, -0.15) is 0 Å². The number of hydrogen-bond acceptors (Lipinski definition) is 1. The van der Waals surface area contributed by atoms with Crippen LogP contribution in [0.15, 0.2) is 109 Å². The first-order chi connectivity index (χ1) is 14.4. The summed E-state index contributed by atoms with van der Waals surface area (Å²) < 4.78 is 0. The summed E-state index contributed by atoms with van der Waals surface area (Å²) in [6.45, 7) is 0. The van der Waals surface area contributed by atoms with Crippen molar-refractivity contribution in [1.82, 2.24) is 0 Å². The smallest absolute Gasteiger partial charge is 0.0560 e. The van der Waals surface area contributed by atoms with Gasteiger partial charge in [-0.1, -0.05) is 91.0 Å². The maximum absolute atomic E-state index is 2.49. The largest absolute Gasteiger partial charge is 0.334 e. The number of anilines is 2. The molecule has 0 saturated heterocycles. The molecule has 0 spiro atoms. The molecule has 5 aromatic carbocycles. The third-order valence-corrected chi connectivity index (χ3v) is 6.09. The molecule has 0 aliphatic heterocycles. The lowest BCUT2D eigenvalue weighted by molar-refractivity contribution is 0.787. The van der Waals surface area contributed by atoms with E-state index >= 15 is 0 Å². The minimum absolute atomic E-state index is 0.306. The van der Waals surface area contributed by atoms with Crippen LogP contribution in [0.4, 0.5) is 11.4 Å². The normalized spacial score (nSPS) is 16.2. The number of hydrogen-bond donors (Lipinski definition) is 0. The molecule has 1 atom stereocenters. The third-order valence-electron chi connectivity index (χ3n) is 6.09. The minimum Gasteiger partial charge on any atom is -0.334 e. The molecule has 1 unspecified atom stereocenters. The summed E-state index contributed by atoms with van der Waals surface area (Å²) >= 11 is 0. The molecular formula is C28H21N. The Labute approximate surface area is 170 Å². The Kier molecular flexibility index (Phi) is 3.67. The predicted molar refractivity (Wildman–Crippen MR) is 125 cm³/mol. The summed E-state index contributed by atoms with van der Waals surface area (Å²) in [5, 5.41) is 7.98. The van der Waals surface area contributed by atoms with Gasteiger partial charge in [-0.05, 0) is 51.6 Å². The molecule has 0 fully saturated rings. The van der Waals surface area contributed by atoms with Crippen LogP contribution in [-0.4, -0.2) is 6.04 Å². The van der Waals surface area contributed by atoms with E-state index in [0.717, 1.165) is 6.42 Å². The van der Waals surface area contributed by atoms with Crippen LogP contribution in [0.25, 0.3) is 32.3 Å². The zero-order chi connectivity index (χ0) is 19.2. The van der Waals surface area contributed by atoms with Gasteiger partial charge in [-0.25, -0.2) is 0 Å². The molecule has 6 rings (SSSR count). The summed E-state index contributed by atoms with van der Waals surface area (Å²) in [4.78, 5) is 2.49. The molecule has 1 aliphatic rings. The van der Waals surface area contributed by atoms with E-state index in [-0.39, 0.29) is 0 Å². The average molecular weight is 371 g/mol. The monoisotopic (exact) mass is 371 g/mol. The maximum Gasteiger partial charge on any atom is 0.0560 e. The molecule has 1 nitrogen and oxygen atoms in total. The molecule has 1 heteroatoms. The maximum atomic E-state index is 2.49. The summed E-state index contributed by atoms with van der Waals surface area (Å²) in [6, 6.07) is 31.3. The molecule has 5 aromatic rings. The first-order valence-electron chi connectivity index (χ1n) is 10.2. The van der Waals surface area contributed by atoms with E-state index in [0.29, 0.717) is 6.04 Å². The lowest BCUT2D eigenvalue weighted by atomic mass is 9.92. The molecule has 0 saturated carbocycles. The molecule has 0 radical (unpaired) electrons. The topological polar surface area (TPSA) is 3.24 Å². The Morgan fingerprint density at radius 1 is 0.621 bits per heavy atom. The third kappa shape index (κ3) is 2.55. The van der Waals surface area contributed by atoms with Crippen LogP contribution >= 0.6 is 0 Å². The molecule has 138 valence electrons. The predicted octanol–water partition coefficient (Wildman–Crippen LogP) is 7.61. The van der Waals surface area contributed by atoms with Gasteiger partial charge in [0.25, 0.3) is 0 Å². The van der Waals surface area contributed by atoms with E-state index in [1.807, 2.05) is 0 Å². The van der Waals surface area contributed by atoms with Crippen molar-refractivity contribution < 1.29 is 0 Å². The van der Waals surface area contributed by atoms with Crippen molar-refractivity contribution in [1.29, 1.82) is 0 Å². The number of allylic oxidation sites excluding steroid dienone is 2. The van der Waals surface area contributed by atoms with Crippen LogP contribution in [-0.2, 0) is 0 Å². The molecule has 0 aromatic heterocycles. The average Bonchev–Trinajstić information content (AvgIpc) is 2.80. The van der Waals surface area contributed by atoms with Crippen LogP contribution < -0.4 is 4.90 Å². The first kappa shape index (κ1) is 16.4. The zero-order valence-electron chi connectivity index (χ0n) is 16.1. The number of rotatable bonds is 3. The van der Waals surface area contributed by atoms with E-state index < -0.39 is 0 Å². The van der Waals surface area contributed by atoms with E-state index in [4.69, 9.17) is 0 Å². The van der Waals surface area contributed by atoms with Crippen LogP contribution in [0.1, 0.15) is 6.42 Å². The van der Waals surface area contributed by atoms with E-state index in [1.54, 1.807) is 0 Å². The molecule has 1 aliphatic carbocycles. The molecular weight excluding hydrogens is 350 g/mol. The highest BCUT2D eigenvalue weighted by Crippen LogP contribution is 2.42. The second kappa shape index (κ2) is 6.49. The lowest BCUT2D eigenvalue weighted by Gasteiger charge is -2.34. The van der Waals surface area contributed by atoms with Crippen molar-refractivity contribution in [3.8, 4) is 0 Å². The standard InChI is InChI=1S/C28H21N/c1-3-10-23(11-4-1)29(24-12-5-2-6-13-24)26-19-17-22-15-14-20-8-7-9-21-16-18-25(26)28(22)27(20)21/h1-12,14-19,24H,13H2. The van der Waals surface area contributed by atoms with Crippen molar-refractivity contribution in [3.05, 3.63) is 109 Å². The van der Waals surface area contributed by atoms with Gasteiger partial charge in [-0.15, -0.1) is 0 Å². The van der Waals surface area contributed by atoms with Gasteiger partial charge in [0.1, 0.15) is 0 Å². The summed E-state index contributed by atoms with van der Waals surface area (Å²) in [6.07, 6.45) is 9.89. The molecule has 0 heterocycles. The fourth-order valence-electron chi connectivity index (χ4n) is 4.79.